The zero-order valence-corrected chi connectivity index (χ0v) is 7.55. The fourth-order valence-electron chi connectivity index (χ4n) is 1.91. The fraction of sp³-hybridized carbons (Fsp3) is 0.500. The molecule has 0 aromatic rings. The van der Waals surface area contributed by atoms with E-state index in [0.717, 1.165) is 0 Å². The molecule has 0 radical (unpaired) electrons. The molecule has 0 bridgehead atoms. The molecule has 2 aliphatic rings. The van der Waals surface area contributed by atoms with Crippen LogP contribution in [-0.2, 0) is 0 Å². The Morgan fingerprint density at radius 3 is 1.67 bits per heavy atom. The van der Waals surface area contributed by atoms with Gasteiger partial charge in [0.25, 0.3) is 0 Å². The summed E-state index contributed by atoms with van der Waals surface area (Å²) in [7, 11) is 0. The molecule has 0 heterocycles. The third-order valence-corrected chi connectivity index (χ3v) is 2.66. The lowest BCUT2D eigenvalue weighted by Gasteiger charge is -1.92. The minimum Gasteiger partial charge on any atom is -0.0813 e. The molecule has 0 aliphatic heterocycles. The summed E-state index contributed by atoms with van der Waals surface area (Å²) in [6, 6.07) is 0. The first-order chi connectivity index (χ1) is 5.95. The van der Waals surface area contributed by atoms with Crippen LogP contribution < -0.4 is 0 Å². The van der Waals surface area contributed by atoms with E-state index in [4.69, 9.17) is 0 Å². The zero-order chi connectivity index (χ0) is 8.23. The van der Waals surface area contributed by atoms with E-state index in [-0.39, 0.29) is 0 Å². The van der Waals surface area contributed by atoms with Crippen LogP contribution in [0.3, 0.4) is 0 Å². The quantitative estimate of drug-likeness (QED) is 0.577. The van der Waals surface area contributed by atoms with Gasteiger partial charge >= 0.3 is 0 Å². The van der Waals surface area contributed by atoms with E-state index < -0.39 is 0 Å². The Bertz CT molecular complexity index is 215. The van der Waals surface area contributed by atoms with Gasteiger partial charge in [0.15, 0.2) is 0 Å². The average molecular weight is 160 g/mol. The number of rotatable bonds is 2. The third kappa shape index (κ3) is 1.88. The van der Waals surface area contributed by atoms with Gasteiger partial charge in [-0.25, -0.2) is 0 Å². The second-order valence-corrected chi connectivity index (χ2v) is 3.68. The molecule has 2 aliphatic carbocycles. The van der Waals surface area contributed by atoms with E-state index >= 15 is 0 Å². The van der Waals surface area contributed by atoms with Crippen molar-refractivity contribution in [2.24, 2.45) is 0 Å². The Hall–Kier alpha value is -0.780. The Morgan fingerprint density at radius 2 is 1.33 bits per heavy atom. The lowest BCUT2D eigenvalue weighted by Crippen LogP contribution is -1.72. The van der Waals surface area contributed by atoms with Gasteiger partial charge in [0, 0.05) is 0 Å². The van der Waals surface area contributed by atoms with Crippen molar-refractivity contribution in [3.8, 4) is 0 Å². The van der Waals surface area contributed by atoms with Gasteiger partial charge in [0.1, 0.15) is 0 Å². The molecule has 64 valence electrons. The van der Waals surface area contributed by atoms with Gasteiger partial charge in [0.2, 0.25) is 0 Å². The second kappa shape index (κ2) is 3.75. The Kier molecular flexibility index (Phi) is 2.45. The molecule has 0 fully saturated rings. The van der Waals surface area contributed by atoms with Crippen LogP contribution in [-0.4, -0.2) is 0 Å². The van der Waals surface area contributed by atoms with Gasteiger partial charge in [0.05, 0.1) is 0 Å². The van der Waals surface area contributed by atoms with Gasteiger partial charge in [-0.15, -0.1) is 0 Å². The van der Waals surface area contributed by atoms with E-state index in [2.05, 4.69) is 24.3 Å². The zero-order valence-electron chi connectivity index (χ0n) is 7.55. The monoisotopic (exact) mass is 160 g/mol. The van der Waals surface area contributed by atoms with Crippen LogP contribution in [0.1, 0.15) is 38.5 Å². The van der Waals surface area contributed by atoms with E-state index in [9.17, 15) is 0 Å². The lowest BCUT2D eigenvalue weighted by molar-refractivity contribution is 0.911. The van der Waals surface area contributed by atoms with Crippen LogP contribution in [0.15, 0.2) is 35.5 Å². The Balaban J connectivity index is 1.92. The van der Waals surface area contributed by atoms with E-state index in [0.29, 0.717) is 0 Å². The molecule has 0 amide bonds. The highest BCUT2D eigenvalue weighted by atomic mass is 14.1. The normalized spacial score (nSPS) is 23.3. The van der Waals surface area contributed by atoms with Crippen LogP contribution in [0.5, 0.6) is 0 Å². The van der Waals surface area contributed by atoms with Gasteiger partial charge in [-0.1, -0.05) is 35.5 Å². The topological polar surface area (TPSA) is 0 Å². The van der Waals surface area contributed by atoms with E-state index in [1.165, 1.54) is 38.5 Å². The first-order valence-electron chi connectivity index (χ1n) is 5.01. The van der Waals surface area contributed by atoms with Crippen molar-refractivity contribution in [1.82, 2.24) is 0 Å². The van der Waals surface area contributed by atoms with Gasteiger partial charge in [-0.3, -0.25) is 0 Å². The lowest BCUT2D eigenvalue weighted by atomic mass is 10.1. The maximum absolute atomic E-state index is 2.37. The SMILES string of the molecule is C(=CC1=CCCC1)C1=CCCC1. The molecule has 0 nitrogen and oxygen atoms in total. The van der Waals surface area contributed by atoms with Crippen LogP contribution in [0.25, 0.3) is 0 Å². The number of allylic oxidation sites excluding steroid dienone is 6. The second-order valence-electron chi connectivity index (χ2n) is 3.68. The van der Waals surface area contributed by atoms with Crippen molar-refractivity contribution in [3.05, 3.63) is 35.5 Å². The van der Waals surface area contributed by atoms with Crippen LogP contribution in [0.2, 0.25) is 0 Å². The number of hydrogen-bond acceptors (Lipinski definition) is 0. The minimum absolute atomic E-state index is 1.29. The minimum atomic E-state index is 1.29. The van der Waals surface area contributed by atoms with E-state index in [1.54, 1.807) is 11.1 Å². The van der Waals surface area contributed by atoms with Gasteiger partial charge in [-0.2, -0.15) is 0 Å². The summed E-state index contributed by atoms with van der Waals surface area (Å²) in [4.78, 5) is 0. The molecule has 0 unspecified atom stereocenters. The molecule has 0 saturated carbocycles. The summed E-state index contributed by atoms with van der Waals surface area (Å²) in [5.74, 6) is 0. The summed E-state index contributed by atoms with van der Waals surface area (Å²) in [5.41, 5.74) is 3.09. The van der Waals surface area contributed by atoms with Gasteiger partial charge < -0.3 is 0 Å². The summed E-state index contributed by atoms with van der Waals surface area (Å²) < 4.78 is 0. The number of hydrogen-bond donors (Lipinski definition) is 0. The third-order valence-electron chi connectivity index (χ3n) is 2.66. The molecule has 2 rings (SSSR count). The highest BCUT2D eigenvalue weighted by Gasteiger charge is 2.02. The first-order valence-corrected chi connectivity index (χ1v) is 5.01. The van der Waals surface area contributed by atoms with Crippen molar-refractivity contribution in [2.75, 3.05) is 0 Å². The average Bonchev–Trinajstić information content (AvgIpc) is 2.74. The maximum atomic E-state index is 2.37. The predicted molar refractivity (Wildman–Crippen MR) is 53.0 cm³/mol. The molecule has 0 aromatic heterocycles. The van der Waals surface area contributed by atoms with Crippen LogP contribution >= 0.6 is 0 Å². The molecule has 0 spiro atoms. The molecule has 12 heavy (non-hydrogen) atoms. The summed E-state index contributed by atoms with van der Waals surface area (Å²) in [6.45, 7) is 0. The van der Waals surface area contributed by atoms with Crippen molar-refractivity contribution >= 4 is 0 Å². The van der Waals surface area contributed by atoms with Crippen LogP contribution in [0, 0.1) is 0 Å². The van der Waals surface area contributed by atoms with Crippen molar-refractivity contribution < 1.29 is 0 Å². The first kappa shape index (κ1) is 7.85. The summed E-state index contributed by atoms with van der Waals surface area (Å²) in [6.07, 6.45) is 17.2. The summed E-state index contributed by atoms with van der Waals surface area (Å²) in [5, 5.41) is 0. The largest absolute Gasteiger partial charge is 0.0813 e. The van der Waals surface area contributed by atoms with Crippen LogP contribution in [0.4, 0.5) is 0 Å². The Labute approximate surface area is 74.7 Å². The molecule has 0 heteroatoms. The fourth-order valence-corrected chi connectivity index (χ4v) is 1.91. The molecule has 0 atom stereocenters. The molecular formula is C12H16. The molecule has 0 saturated heterocycles. The van der Waals surface area contributed by atoms with Crippen molar-refractivity contribution in [2.45, 2.75) is 38.5 Å². The highest BCUT2D eigenvalue weighted by Crippen LogP contribution is 2.22. The Morgan fingerprint density at radius 1 is 0.833 bits per heavy atom. The standard InChI is InChI=1S/C12H16/c1-2-6-11(5-1)9-10-12-7-3-4-8-12/h5,7,9-10H,1-4,6,8H2. The molecular weight excluding hydrogens is 144 g/mol. The van der Waals surface area contributed by atoms with E-state index in [1.807, 2.05) is 0 Å². The van der Waals surface area contributed by atoms with Gasteiger partial charge in [-0.05, 0) is 38.5 Å². The molecule has 0 N–H and O–H groups in total. The highest BCUT2D eigenvalue weighted by molar-refractivity contribution is 5.30. The van der Waals surface area contributed by atoms with Crippen molar-refractivity contribution in [3.63, 3.8) is 0 Å². The maximum Gasteiger partial charge on any atom is -0.0279 e. The summed E-state index contributed by atoms with van der Waals surface area (Å²) >= 11 is 0. The molecule has 0 aromatic carbocycles. The predicted octanol–water partition coefficient (Wildman–Crippen LogP) is 3.76. The smallest absolute Gasteiger partial charge is 0.0279 e. The van der Waals surface area contributed by atoms with Crippen molar-refractivity contribution in [1.29, 1.82) is 0 Å².